The highest BCUT2D eigenvalue weighted by Crippen LogP contribution is 2.40. The molecule has 5 aromatic rings. The van der Waals surface area contributed by atoms with Gasteiger partial charge in [-0.05, 0) is 47.9 Å². The molecule has 0 N–H and O–H groups in total. The van der Waals surface area contributed by atoms with Gasteiger partial charge in [0.05, 0.1) is 4.70 Å². The Hall–Kier alpha value is -5.48. The molecule has 0 bridgehead atoms. The van der Waals surface area contributed by atoms with E-state index in [9.17, 15) is 15.3 Å². The van der Waals surface area contributed by atoms with E-state index in [1.54, 1.807) is 30.3 Å². The molecule has 0 amide bonds. The molecular weight excluding hydrogens is 488 g/mol. The number of hydrogen-bond donors (Lipinski definition) is 0. The molecule has 0 aliphatic heterocycles. The van der Waals surface area contributed by atoms with Crippen molar-refractivity contribution in [2.45, 2.75) is 0 Å². The zero-order chi connectivity index (χ0) is 26.1. The highest BCUT2D eigenvalue weighted by Gasteiger charge is 2.32. The number of nitriles is 2. The zero-order valence-electron chi connectivity index (χ0n) is 19.8. The number of carbonyl (C=O) groups is 1. The smallest absolute Gasteiger partial charge is 0.194 e. The van der Waals surface area contributed by atoms with Gasteiger partial charge in [-0.25, -0.2) is 4.98 Å². The summed E-state index contributed by atoms with van der Waals surface area (Å²) < 4.78 is 2.88. The van der Waals surface area contributed by atoms with Gasteiger partial charge in [0.25, 0.3) is 0 Å². The normalized spacial score (nSPS) is 13.1. The van der Waals surface area contributed by atoms with Crippen LogP contribution in [0.3, 0.4) is 0 Å². The fourth-order valence-electron chi connectivity index (χ4n) is 4.55. The van der Waals surface area contributed by atoms with E-state index in [0.717, 1.165) is 27.3 Å². The van der Waals surface area contributed by atoms with E-state index >= 15 is 0 Å². The van der Waals surface area contributed by atoms with Crippen molar-refractivity contribution in [2.75, 3.05) is 0 Å². The van der Waals surface area contributed by atoms with Gasteiger partial charge < -0.3 is 0 Å². The van der Waals surface area contributed by atoms with Crippen LogP contribution in [0.1, 0.15) is 32.2 Å². The number of hydrogen-bond acceptors (Lipinski definition) is 5. The molecule has 176 valence electrons. The molecule has 0 saturated carbocycles. The Labute approximate surface area is 222 Å². The van der Waals surface area contributed by atoms with E-state index in [2.05, 4.69) is 11.8 Å². The first-order chi connectivity index (χ1) is 18.7. The molecule has 0 atom stereocenters. The molecule has 6 rings (SSSR count). The Morgan fingerprint density at radius 2 is 1.50 bits per heavy atom. The molecule has 2 heterocycles. The first-order valence-corrected chi connectivity index (χ1v) is 12.5. The molecule has 3 aromatic carbocycles. The Morgan fingerprint density at radius 1 is 0.842 bits per heavy atom. The first-order valence-electron chi connectivity index (χ1n) is 11.7. The number of aromatic nitrogens is 2. The number of Topliss-reactive ketones (excluding diaryl/α,β-unsaturated/α-hetero) is 1. The lowest BCUT2D eigenvalue weighted by Crippen LogP contribution is -2.00. The second-order valence-corrected chi connectivity index (χ2v) is 9.50. The summed E-state index contributed by atoms with van der Waals surface area (Å²) in [5, 5.41) is 20.0. The van der Waals surface area contributed by atoms with Crippen LogP contribution in [0.2, 0.25) is 0 Å². The summed E-state index contributed by atoms with van der Waals surface area (Å²) in [5.74, 6) is 6.10. The minimum atomic E-state index is -0.217. The molecular formula is C32H16N4OS. The number of para-hydroxylation sites is 1. The van der Waals surface area contributed by atoms with Crippen molar-refractivity contribution in [1.82, 2.24) is 9.55 Å². The summed E-state index contributed by atoms with van der Waals surface area (Å²) in [6, 6.07) is 32.5. The second-order valence-electron chi connectivity index (χ2n) is 8.47. The van der Waals surface area contributed by atoms with Crippen molar-refractivity contribution in [3.05, 3.63) is 130 Å². The maximum atomic E-state index is 13.5. The average Bonchev–Trinajstić information content (AvgIpc) is 3.59. The number of carbonyl (C=O) groups excluding carboxylic acids is 1. The van der Waals surface area contributed by atoms with Gasteiger partial charge >= 0.3 is 0 Å². The van der Waals surface area contributed by atoms with Crippen LogP contribution in [-0.4, -0.2) is 15.3 Å². The van der Waals surface area contributed by atoms with E-state index in [1.807, 2.05) is 83.4 Å². The molecule has 38 heavy (non-hydrogen) atoms. The number of rotatable bonds is 2. The molecule has 0 spiro atoms. The summed E-state index contributed by atoms with van der Waals surface area (Å²) >= 11 is 1.47. The predicted octanol–water partition coefficient (Wildman–Crippen LogP) is 6.57. The Kier molecular flexibility index (Phi) is 5.75. The van der Waals surface area contributed by atoms with Gasteiger partial charge in [-0.2, -0.15) is 10.5 Å². The largest absolute Gasteiger partial charge is 0.294 e. The molecule has 1 aliphatic rings. The Balaban J connectivity index is 1.55. The average molecular weight is 505 g/mol. The van der Waals surface area contributed by atoms with Crippen LogP contribution >= 0.6 is 11.3 Å². The summed E-state index contributed by atoms with van der Waals surface area (Å²) in [6.07, 6.45) is 1.75. The molecule has 2 aromatic heterocycles. The monoisotopic (exact) mass is 504 g/mol. The topological polar surface area (TPSA) is 82.5 Å². The van der Waals surface area contributed by atoms with E-state index in [1.165, 1.54) is 11.3 Å². The maximum absolute atomic E-state index is 13.5. The van der Waals surface area contributed by atoms with Gasteiger partial charge in [0.15, 0.2) is 16.4 Å². The lowest BCUT2D eigenvalue weighted by Gasteiger charge is -2.08. The molecule has 5 nitrogen and oxygen atoms in total. The minimum absolute atomic E-state index is 0.0919. The quantitative estimate of drug-likeness (QED) is 0.155. The predicted molar refractivity (Wildman–Crippen MR) is 148 cm³/mol. The highest BCUT2D eigenvalue weighted by atomic mass is 32.1. The third-order valence-electron chi connectivity index (χ3n) is 6.21. The summed E-state index contributed by atoms with van der Waals surface area (Å²) in [6.45, 7) is 0. The van der Waals surface area contributed by atoms with Crippen LogP contribution in [-0.2, 0) is 0 Å². The second kappa shape index (κ2) is 9.52. The third-order valence-corrected chi connectivity index (χ3v) is 7.11. The molecule has 0 saturated heterocycles. The fourth-order valence-corrected chi connectivity index (χ4v) is 5.40. The lowest BCUT2D eigenvalue weighted by atomic mass is 9.99. The minimum Gasteiger partial charge on any atom is -0.294 e. The molecule has 1 aliphatic carbocycles. The standard InChI is InChI=1S/C32H16N4OS/c33-19-22(20-34)30-25-13-7-8-14-26(25)31(37)27(30)17-24-18-28-32(36(24)23-11-5-2-6-12-23)35-29(38-28)16-15-21-9-3-1-4-10-21/h1-14,17-18H/b27-17-. The fraction of sp³-hybridized carbons (Fsp3) is 0. The van der Waals surface area contributed by atoms with Crippen LogP contribution in [0.25, 0.3) is 27.7 Å². The van der Waals surface area contributed by atoms with Gasteiger partial charge in [0, 0.05) is 33.7 Å². The molecule has 0 unspecified atom stereocenters. The Bertz CT molecular complexity index is 1930. The summed E-state index contributed by atoms with van der Waals surface area (Å²) in [5.41, 5.74) is 4.88. The number of fused-ring (bicyclic) bond motifs is 2. The van der Waals surface area contributed by atoms with Crippen molar-refractivity contribution in [3.8, 4) is 29.7 Å². The van der Waals surface area contributed by atoms with Crippen LogP contribution in [0.5, 0.6) is 0 Å². The van der Waals surface area contributed by atoms with Gasteiger partial charge in [-0.15, -0.1) is 11.3 Å². The van der Waals surface area contributed by atoms with Crippen LogP contribution in [0, 0.1) is 34.5 Å². The van der Waals surface area contributed by atoms with Gasteiger partial charge in [-0.3, -0.25) is 9.36 Å². The number of thiazole rings is 1. The van der Waals surface area contributed by atoms with Crippen molar-refractivity contribution >= 4 is 39.1 Å². The molecule has 6 heteroatoms. The lowest BCUT2D eigenvalue weighted by molar-refractivity contribution is 0.104. The number of nitrogens with zero attached hydrogens (tertiary/aromatic N) is 4. The zero-order valence-corrected chi connectivity index (χ0v) is 20.7. The molecule has 0 radical (unpaired) electrons. The van der Waals surface area contributed by atoms with E-state index in [-0.39, 0.29) is 11.4 Å². The number of benzene rings is 3. The van der Waals surface area contributed by atoms with Crippen molar-refractivity contribution in [1.29, 1.82) is 10.5 Å². The number of ketones is 1. The van der Waals surface area contributed by atoms with Crippen molar-refractivity contribution < 1.29 is 4.79 Å². The van der Waals surface area contributed by atoms with Gasteiger partial charge in [0.2, 0.25) is 0 Å². The maximum Gasteiger partial charge on any atom is 0.194 e. The van der Waals surface area contributed by atoms with E-state index in [0.29, 0.717) is 27.3 Å². The number of allylic oxidation sites excluding steroid dienone is 3. The summed E-state index contributed by atoms with van der Waals surface area (Å²) in [4.78, 5) is 18.3. The van der Waals surface area contributed by atoms with Gasteiger partial charge in [0.1, 0.15) is 17.7 Å². The first kappa shape index (κ1) is 23.0. The SMILES string of the molecule is N#CC(C#N)=C1/C(=C/c2cc3sc(C#Cc4ccccc4)nc3n2-c2ccccc2)C(=O)c2ccccc21. The van der Waals surface area contributed by atoms with E-state index < -0.39 is 0 Å². The van der Waals surface area contributed by atoms with Crippen LogP contribution < -0.4 is 0 Å². The van der Waals surface area contributed by atoms with Gasteiger partial charge in [-0.1, -0.05) is 66.6 Å². The highest BCUT2D eigenvalue weighted by molar-refractivity contribution is 7.19. The van der Waals surface area contributed by atoms with Crippen LogP contribution in [0.15, 0.2) is 102 Å². The summed E-state index contributed by atoms with van der Waals surface area (Å²) in [7, 11) is 0. The van der Waals surface area contributed by atoms with Crippen molar-refractivity contribution in [2.24, 2.45) is 0 Å². The van der Waals surface area contributed by atoms with Crippen LogP contribution in [0.4, 0.5) is 0 Å². The Morgan fingerprint density at radius 3 is 2.21 bits per heavy atom. The molecule has 0 fully saturated rings. The van der Waals surface area contributed by atoms with Crippen molar-refractivity contribution in [3.63, 3.8) is 0 Å². The van der Waals surface area contributed by atoms with E-state index in [4.69, 9.17) is 4.98 Å². The third kappa shape index (κ3) is 3.91.